The molecule has 3 N–H and O–H groups in total. The van der Waals surface area contributed by atoms with E-state index >= 15 is 0 Å². The number of methoxy groups -OCH3 is 1. The van der Waals surface area contributed by atoms with Crippen molar-refractivity contribution >= 4 is 27.8 Å². The fraction of sp³-hybridized carbons (Fsp3) is 0.571. The van der Waals surface area contributed by atoms with Gasteiger partial charge >= 0.3 is 17.9 Å². The highest BCUT2D eigenvalue weighted by atomic mass is 31.0. The van der Waals surface area contributed by atoms with Gasteiger partial charge in [-0.05, 0) is 0 Å². The maximum absolute atomic E-state index is 10.7. The number of hydrogen-bond donors (Lipinski definition) is 3. The van der Waals surface area contributed by atoms with Gasteiger partial charge in [0.1, 0.15) is 0 Å². The van der Waals surface area contributed by atoms with Gasteiger partial charge in [0.2, 0.25) is 0 Å². The van der Waals surface area contributed by atoms with Crippen molar-refractivity contribution in [3.05, 3.63) is 0 Å². The van der Waals surface area contributed by atoms with Gasteiger partial charge in [-0.25, -0.2) is 4.79 Å². The van der Waals surface area contributed by atoms with Gasteiger partial charge in [-0.15, -0.1) is 0 Å². The number of ether oxygens (including phenoxy) is 1. The number of carbonyl (C=O) groups is 3. The molecular weight excluding hydrogens is 227 g/mol. The lowest BCUT2D eigenvalue weighted by atomic mass is 9.96. The van der Waals surface area contributed by atoms with Gasteiger partial charge in [-0.3, -0.25) is 9.59 Å². The van der Waals surface area contributed by atoms with Crippen LogP contribution in [0, 0.1) is 0 Å². The molecule has 0 amide bonds. The fourth-order valence-electron chi connectivity index (χ4n) is 0.775. The van der Waals surface area contributed by atoms with E-state index in [1.54, 1.807) is 0 Å². The molecule has 0 aliphatic carbocycles. The van der Waals surface area contributed by atoms with Crippen molar-refractivity contribution in [3.8, 4) is 0 Å². The van der Waals surface area contributed by atoms with Crippen LogP contribution in [0.2, 0.25) is 0 Å². The Hall–Kier alpha value is -1.20. The monoisotopic (exact) mass is 240 g/mol. The molecule has 0 heterocycles. The summed E-state index contributed by atoms with van der Waals surface area (Å²) >= 11 is 0. The van der Waals surface area contributed by atoms with Crippen molar-refractivity contribution in [1.82, 2.24) is 0 Å². The number of rotatable bonds is 5. The Morgan fingerprint density at radius 3 is 1.93 bits per heavy atom. The second-order valence-electron chi connectivity index (χ2n) is 2.66. The third-order valence-electron chi connectivity index (χ3n) is 1.51. The first kappa shape index (κ1) is 16.2. The summed E-state index contributed by atoms with van der Waals surface area (Å²) in [5, 5.41) is 26.1. The minimum absolute atomic E-state index is 0. The van der Waals surface area contributed by atoms with E-state index in [0.29, 0.717) is 0 Å². The van der Waals surface area contributed by atoms with Crippen LogP contribution in [0.4, 0.5) is 0 Å². The van der Waals surface area contributed by atoms with Crippen molar-refractivity contribution in [2.75, 3.05) is 7.11 Å². The van der Waals surface area contributed by atoms with E-state index in [9.17, 15) is 19.5 Å². The Kier molecular flexibility index (Phi) is 6.84. The second kappa shape index (κ2) is 6.31. The van der Waals surface area contributed by atoms with E-state index in [-0.39, 0.29) is 9.90 Å². The lowest BCUT2D eigenvalue weighted by Gasteiger charge is -2.19. The molecule has 2 atom stereocenters. The molecule has 0 saturated carbocycles. The third-order valence-corrected chi connectivity index (χ3v) is 1.51. The Bertz CT molecular complexity index is 264. The van der Waals surface area contributed by atoms with E-state index in [0.717, 1.165) is 7.11 Å². The van der Waals surface area contributed by atoms with Gasteiger partial charge in [0.05, 0.1) is 20.0 Å². The van der Waals surface area contributed by atoms with E-state index < -0.39 is 36.4 Å². The maximum Gasteiger partial charge on any atom is 0.336 e. The molecular formula is C7H13O7P. The van der Waals surface area contributed by atoms with Crippen LogP contribution in [0.3, 0.4) is 0 Å². The highest BCUT2D eigenvalue weighted by molar-refractivity contribution is 6.92. The van der Waals surface area contributed by atoms with Gasteiger partial charge in [0, 0.05) is 0 Å². The quantitative estimate of drug-likeness (QED) is 0.411. The SMILES string of the molecule is COC(=O)CC(O)(CC(=O)O)C(=O)O.P. The molecule has 88 valence electrons. The first-order valence-electron chi connectivity index (χ1n) is 3.56. The summed E-state index contributed by atoms with van der Waals surface area (Å²) in [7, 11) is 1.01. The van der Waals surface area contributed by atoms with E-state index in [1.165, 1.54) is 0 Å². The van der Waals surface area contributed by atoms with Crippen LogP contribution in [0.5, 0.6) is 0 Å². The minimum atomic E-state index is -2.61. The average Bonchev–Trinajstić information content (AvgIpc) is 2.02. The minimum Gasteiger partial charge on any atom is -0.481 e. The van der Waals surface area contributed by atoms with Crippen LogP contribution in [-0.2, 0) is 19.1 Å². The van der Waals surface area contributed by atoms with Crippen molar-refractivity contribution in [3.63, 3.8) is 0 Å². The van der Waals surface area contributed by atoms with Crippen LogP contribution in [0.25, 0.3) is 0 Å². The molecule has 0 aromatic carbocycles. The summed E-state index contributed by atoms with van der Waals surface area (Å²) in [4.78, 5) is 31.4. The van der Waals surface area contributed by atoms with Gasteiger partial charge in [0.15, 0.2) is 5.60 Å². The first-order chi connectivity index (χ1) is 6.31. The number of aliphatic carboxylic acids is 2. The van der Waals surface area contributed by atoms with Crippen LogP contribution in [-0.4, -0.2) is 45.9 Å². The standard InChI is InChI=1S/C7H10O7.H3P/c1-14-5(10)3-7(13,6(11)12)2-4(8)9;/h13H,2-3H2,1H3,(H,8,9)(H,11,12);1H3. The molecule has 0 aromatic rings. The highest BCUT2D eigenvalue weighted by Crippen LogP contribution is 2.16. The molecule has 0 bridgehead atoms. The van der Waals surface area contributed by atoms with E-state index in [1.807, 2.05) is 0 Å². The third kappa shape index (κ3) is 5.29. The smallest absolute Gasteiger partial charge is 0.336 e. The molecule has 0 aliphatic heterocycles. The zero-order valence-corrected chi connectivity index (χ0v) is 9.51. The van der Waals surface area contributed by atoms with E-state index in [4.69, 9.17) is 10.2 Å². The number of carboxylic acids is 2. The van der Waals surface area contributed by atoms with Gasteiger partial charge < -0.3 is 20.1 Å². The second-order valence-corrected chi connectivity index (χ2v) is 2.66. The number of esters is 1. The predicted octanol–water partition coefficient (Wildman–Crippen LogP) is -1.10. The number of carboxylic acid groups (broad SMARTS) is 2. The summed E-state index contributed by atoms with van der Waals surface area (Å²) in [6.07, 6.45) is -1.96. The van der Waals surface area contributed by atoms with E-state index in [2.05, 4.69) is 4.74 Å². The molecule has 0 rings (SSSR count). The normalized spacial score (nSPS) is 13.2. The molecule has 7 nitrogen and oxygen atoms in total. The van der Waals surface area contributed by atoms with Crippen LogP contribution >= 0.6 is 9.90 Å². The Morgan fingerprint density at radius 2 is 1.67 bits per heavy atom. The molecule has 15 heavy (non-hydrogen) atoms. The average molecular weight is 240 g/mol. The summed E-state index contributed by atoms with van der Waals surface area (Å²) in [6, 6.07) is 0. The fourth-order valence-corrected chi connectivity index (χ4v) is 0.775. The topological polar surface area (TPSA) is 121 Å². The number of aliphatic hydroxyl groups is 1. The summed E-state index contributed by atoms with van der Waals surface area (Å²) in [5.41, 5.74) is -2.61. The Morgan fingerprint density at radius 1 is 1.20 bits per heavy atom. The lowest BCUT2D eigenvalue weighted by Crippen LogP contribution is -2.42. The van der Waals surface area contributed by atoms with Gasteiger partial charge in [-0.2, -0.15) is 9.90 Å². The number of hydrogen-bond acceptors (Lipinski definition) is 5. The first-order valence-corrected chi connectivity index (χ1v) is 3.56. The Labute approximate surface area is 88.7 Å². The van der Waals surface area contributed by atoms with Crippen LogP contribution < -0.4 is 0 Å². The van der Waals surface area contributed by atoms with Crippen LogP contribution in [0.1, 0.15) is 12.8 Å². The molecule has 2 unspecified atom stereocenters. The summed E-state index contributed by atoms with van der Waals surface area (Å²) in [5.74, 6) is -4.28. The van der Waals surface area contributed by atoms with Crippen LogP contribution in [0.15, 0.2) is 0 Å². The van der Waals surface area contributed by atoms with Crippen molar-refractivity contribution in [2.45, 2.75) is 18.4 Å². The largest absolute Gasteiger partial charge is 0.481 e. The zero-order chi connectivity index (χ0) is 11.4. The van der Waals surface area contributed by atoms with Crippen molar-refractivity contribution in [1.29, 1.82) is 0 Å². The molecule has 0 aromatic heterocycles. The maximum atomic E-state index is 10.7. The lowest BCUT2D eigenvalue weighted by molar-refractivity contribution is -0.171. The molecule has 8 heteroatoms. The number of carbonyl (C=O) groups excluding carboxylic acids is 1. The highest BCUT2D eigenvalue weighted by Gasteiger charge is 2.41. The molecule has 0 fully saturated rings. The van der Waals surface area contributed by atoms with Crippen molar-refractivity contribution in [2.24, 2.45) is 0 Å². The summed E-state index contributed by atoms with van der Waals surface area (Å²) < 4.78 is 4.12. The Balaban J connectivity index is 0. The van der Waals surface area contributed by atoms with Crippen molar-refractivity contribution < 1.29 is 34.4 Å². The van der Waals surface area contributed by atoms with Gasteiger partial charge in [-0.1, -0.05) is 0 Å². The molecule has 0 aliphatic rings. The predicted molar refractivity (Wildman–Crippen MR) is 52.6 cm³/mol. The molecule has 0 radical (unpaired) electrons. The molecule has 0 saturated heterocycles. The molecule has 0 spiro atoms. The van der Waals surface area contributed by atoms with Gasteiger partial charge in [0.25, 0.3) is 0 Å². The zero-order valence-electron chi connectivity index (χ0n) is 8.10. The summed E-state index contributed by atoms with van der Waals surface area (Å²) in [6.45, 7) is 0.